The van der Waals surface area contributed by atoms with Crippen LogP contribution in [0.4, 0.5) is 0 Å². The van der Waals surface area contributed by atoms with Gasteiger partial charge in [-0.15, -0.1) is 11.3 Å². The number of rotatable bonds is 8. The summed E-state index contributed by atoms with van der Waals surface area (Å²) in [6.45, 7) is 14.5. The van der Waals surface area contributed by atoms with Gasteiger partial charge in [0, 0.05) is 10.3 Å². The molecule has 5 nitrogen and oxygen atoms in total. The van der Waals surface area contributed by atoms with Crippen molar-refractivity contribution in [2.75, 3.05) is 6.61 Å². The minimum absolute atomic E-state index is 0.212. The standard InChI is InChI=1S/C24H35NO4S/c1-8-24(9-2,20-13-16(4)21(30-20)22(27)29-25)17-10-11-18(15(3)12-17)28-14-19(26)23(5,6)7/h10-13,19,26H,8-9,14,25H2,1-7H3. The molecule has 2 rings (SSSR count). The lowest BCUT2D eigenvalue weighted by Crippen LogP contribution is -2.32. The molecule has 1 aromatic carbocycles. The van der Waals surface area contributed by atoms with Gasteiger partial charge in [0.25, 0.3) is 0 Å². The molecule has 1 atom stereocenters. The van der Waals surface area contributed by atoms with Crippen LogP contribution in [0.15, 0.2) is 24.3 Å². The van der Waals surface area contributed by atoms with Crippen LogP contribution in [0.25, 0.3) is 0 Å². The molecule has 1 aromatic heterocycles. The third-order valence-electron chi connectivity index (χ3n) is 6.01. The number of carbonyl (C=O) groups excluding carboxylic acids is 1. The SMILES string of the molecule is CCC(CC)(c1ccc(OCC(O)C(C)(C)C)c(C)c1)c1cc(C)c(C(=O)ON)s1. The average Bonchev–Trinajstić information content (AvgIpc) is 3.09. The Hall–Kier alpha value is -1.89. The summed E-state index contributed by atoms with van der Waals surface area (Å²) < 4.78 is 5.91. The highest BCUT2D eigenvalue weighted by Crippen LogP contribution is 2.44. The van der Waals surface area contributed by atoms with E-state index in [1.54, 1.807) is 0 Å². The zero-order chi connectivity index (χ0) is 22.7. The Bertz CT molecular complexity index is 878. The minimum Gasteiger partial charge on any atom is -0.491 e. The first-order valence-corrected chi connectivity index (χ1v) is 11.3. The fourth-order valence-corrected chi connectivity index (χ4v) is 5.06. The molecule has 1 heterocycles. The van der Waals surface area contributed by atoms with Crippen LogP contribution in [-0.4, -0.2) is 23.8 Å². The number of nitrogens with two attached hydrogens (primary N) is 1. The van der Waals surface area contributed by atoms with Crippen LogP contribution in [0.3, 0.4) is 0 Å². The van der Waals surface area contributed by atoms with Gasteiger partial charge >= 0.3 is 5.97 Å². The predicted octanol–water partition coefficient (Wildman–Crippen LogP) is 5.29. The molecular weight excluding hydrogens is 398 g/mol. The van der Waals surface area contributed by atoms with Crippen LogP contribution < -0.4 is 10.6 Å². The van der Waals surface area contributed by atoms with E-state index in [0.29, 0.717) is 4.88 Å². The Kier molecular flexibility index (Phi) is 7.72. The molecule has 0 saturated heterocycles. The first-order chi connectivity index (χ1) is 14.0. The second-order valence-corrected chi connectivity index (χ2v) is 10.0. The molecule has 6 heteroatoms. The Morgan fingerprint density at radius 3 is 2.27 bits per heavy atom. The van der Waals surface area contributed by atoms with Gasteiger partial charge in [0.2, 0.25) is 0 Å². The molecule has 3 N–H and O–H groups in total. The van der Waals surface area contributed by atoms with Crippen molar-refractivity contribution in [1.82, 2.24) is 0 Å². The monoisotopic (exact) mass is 433 g/mol. The Morgan fingerprint density at radius 1 is 1.13 bits per heavy atom. The van der Waals surface area contributed by atoms with Gasteiger partial charge < -0.3 is 14.7 Å². The van der Waals surface area contributed by atoms with Gasteiger partial charge in [-0.05, 0) is 60.9 Å². The van der Waals surface area contributed by atoms with Gasteiger partial charge in [0.05, 0.1) is 6.10 Å². The first kappa shape index (κ1) is 24.4. The Balaban J connectivity index is 2.39. The van der Waals surface area contributed by atoms with Crippen molar-refractivity contribution in [2.24, 2.45) is 11.3 Å². The lowest BCUT2D eigenvalue weighted by Gasteiger charge is -2.32. The molecule has 0 fully saturated rings. The normalized spacial score (nSPS) is 13.2. The second-order valence-electron chi connectivity index (χ2n) is 8.99. The lowest BCUT2D eigenvalue weighted by atomic mass is 9.74. The fourth-order valence-electron chi connectivity index (χ4n) is 3.65. The maximum absolute atomic E-state index is 12.0. The topological polar surface area (TPSA) is 81.8 Å². The van der Waals surface area contributed by atoms with Crippen molar-refractivity contribution < 1.29 is 19.5 Å². The van der Waals surface area contributed by atoms with Crippen molar-refractivity contribution in [3.63, 3.8) is 0 Å². The van der Waals surface area contributed by atoms with E-state index in [1.165, 1.54) is 16.9 Å². The number of hydrogen-bond donors (Lipinski definition) is 2. The third-order valence-corrected chi connectivity index (χ3v) is 7.43. The third kappa shape index (κ3) is 4.88. The summed E-state index contributed by atoms with van der Waals surface area (Å²) in [7, 11) is 0. The second kappa shape index (κ2) is 9.50. The molecule has 30 heavy (non-hydrogen) atoms. The molecule has 166 valence electrons. The average molecular weight is 434 g/mol. The van der Waals surface area contributed by atoms with Crippen molar-refractivity contribution >= 4 is 17.3 Å². The van der Waals surface area contributed by atoms with Crippen LogP contribution in [-0.2, 0) is 10.3 Å². The quantitative estimate of drug-likeness (QED) is 0.553. The Labute approximate surface area is 184 Å². The Morgan fingerprint density at radius 2 is 1.77 bits per heavy atom. The molecule has 0 aliphatic heterocycles. The number of thiophene rings is 1. The fraction of sp³-hybridized carbons (Fsp3) is 0.542. The number of carbonyl (C=O) groups is 1. The van der Waals surface area contributed by atoms with Crippen LogP contribution >= 0.6 is 11.3 Å². The largest absolute Gasteiger partial charge is 0.491 e. The van der Waals surface area contributed by atoms with Gasteiger partial charge in [0.15, 0.2) is 0 Å². The summed E-state index contributed by atoms with van der Waals surface area (Å²) in [6.07, 6.45) is 1.24. The molecule has 0 saturated carbocycles. The number of aliphatic hydroxyl groups is 1. The zero-order valence-electron chi connectivity index (χ0n) is 19.2. The molecule has 0 aliphatic carbocycles. The van der Waals surface area contributed by atoms with Crippen molar-refractivity contribution in [3.8, 4) is 5.75 Å². The van der Waals surface area contributed by atoms with E-state index in [1.807, 2.05) is 40.7 Å². The van der Waals surface area contributed by atoms with Gasteiger partial charge in [-0.25, -0.2) is 4.79 Å². The van der Waals surface area contributed by atoms with E-state index >= 15 is 0 Å². The highest BCUT2D eigenvalue weighted by molar-refractivity contribution is 7.14. The molecular formula is C24H35NO4S. The van der Waals surface area contributed by atoms with Crippen LogP contribution in [0.5, 0.6) is 5.75 Å². The van der Waals surface area contributed by atoms with Gasteiger partial charge in [0.1, 0.15) is 17.2 Å². The molecule has 2 aromatic rings. The summed E-state index contributed by atoms with van der Waals surface area (Å²) in [6, 6.07) is 8.30. The number of hydrogen-bond acceptors (Lipinski definition) is 6. The van der Waals surface area contributed by atoms with Crippen LogP contribution in [0, 0.1) is 19.3 Å². The highest BCUT2D eigenvalue weighted by atomic mass is 32.1. The predicted molar refractivity (Wildman–Crippen MR) is 122 cm³/mol. The number of benzene rings is 1. The van der Waals surface area contributed by atoms with E-state index < -0.39 is 12.1 Å². The minimum atomic E-state index is -0.545. The van der Waals surface area contributed by atoms with E-state index in [4.69, 9.17) is 10.6 Å². The highest BCUT2D eigenvalue weighted by Gasteiger charge is 2.34. The molecule has 0 amide bonds. The maximum Gasteiger partial charge on any atom is 0.367 e. The molecule has 0 spiro atoms. The zero-order valence-corrected chi connectivity index (χ0v) is 20.0. The van der Waals surface area contributed by atoms with E-state index in [9.17, 15) is 9.90 Å². The summed E-state index contributed by atoms with van der Waals surface area (Å²) in [5.41, 5.74) is 2.64. The summed E-state index contributed by atoms with van der Waals surface area (Å²) in [5, 5.41) is 10.3. The van der Waals surface area contributed by atoms with Crippen molar-refractivity contribution in [3.05, 3.63) is 50.7 Å². The van der Waals surface area contributed by atoms with E-state index in [2.05, 4.69) is 36.9 Å². The molecule has 0 bridgehead atoms. The van der Waals surface area contributed by atoms with Crippen LogP contribution in [0.1, 0.15) is 78.7 Å². The first-order valence-electron chi connectivity index (χ1n) is 10.4. The van der Waals surface area contributed by atoms with Gasteiger partial charge in [-0.2, -0.15) is 5.90 Å². The van der Waals surface area contributed by atoms with Gasteiger partial charge in [-0.3, -0.25) is 0 Å². The number of aryl methyl sites for hydroxylation is 2. The van der Waals surface area contributed by atoms with Crippen LogP contribution in [0.2, 0.25) is 0 Å². The molecule has 1 unspecified atom stereocenters. The number of ether oxygens (including phenoxy) is 1. The lowest BCUT2D eigenvalue weighted by molar-refractivity contribution is 0.0216. The van der Waals surface area contributed by atoms with Crippen molar-refractivity contribution in [1.29, 1.82) is 0 Å². The van der Waals surface area contributed by atoms with Crippen molar-refractivity contribution in [2.45, 2.75) is 72.8 Å². The maximum atomic E-state index is 12.0. The molecule has 0 radical (unpaired) electrons. The summed E-state index contributed by atoms with van der Waals surface area (Å²) in [5.74, 6) is 5.38. The molecule has 0 aliphatic rings. The van der Waals surface area contributed by atoms with Gasteiger partial charge in [-0.1, -0.05) is 46.8 Å². The van der Waals surface area contributed by atoms with E-state index in [-0.39, 0.29) is 17.4 Å². The smallest absolute Gasteiger partial charge is 0.367 e. The van der Waals surface area contributed by atoms with E-state index in [0.717, 1.165) is 34.6 Å². The summed E-state index contributed by atoms with van der Waals surface area (Å²) in [4.78, 5) is 18.1. The number of aliphatic hydroxyl groups excluding tert-OH is 1. The summed E-state index contributed by atoms with van der Waals surface area (Å²) >= 11 is 1.45.